The van der Waals surface area contributed by atoms with Gasteiger partial charge in [0.1, 0.15) is 11.5 Å². The number of urea groups is 1. The number of aromatic amines is 1. The molecule has 3 N–H and O–H groups in total. The Morgan fingerprint density at radius 3 is 2.79 bits per heavy atom. The van der Waals surface area contributed by atoms with E-state index >= 15 is 0 Å². The average Bonchev–Trinajstić information content (AvgIpc) is 3.35. The second-order valence-electron chi connectivity index (χ2n) is 5.87. The van der Waals surface area contributed by atoms with Gasteiger partial charge in [-0.15, -0.1) is 0 Å². The molecular weight excluding hydrogens is 390 g/mol. The Labute approximate surface area is 170 Å². The predicted molar refractivity (Wildman–Crippen MR) is 112 cm³/mol. The topological polar surface area (TPSA) is 105 Å². The number of amides is 2. The number of aromatic nitrogens is 2. The minimum atomic E-state index is -0.463. The molecule has 0 saturated carbocycles. The maximum atomic E-state index is 11.9. The Bertz CT molecular complexity index is 1120. The second-order valence-corrected chi connectivity index (χ2v) is 6.86. The Hall–Kier alpha value is -3.72. The van der Waals surface area contributed by atoms with E-state index in [1.54, 1.807) is 37.4 Å². The highest BCUT2D eigenvalue weighted by atomic mass is 32.2. The molecule has 2 amide bonds. The van der Waals surface area contributed by atoms with Crippen LogP contribution < -0.4 is 15.5 Å². The molecule has 0 unspecified atom stereocenters. The first-order chi connectivity index (χ1) is 14.2. The van der Waals surface area contributed by atoms with E-state index < -0.39 is 6.03 Å². The number of ether oxygens (including phenoxy) is 1. The second kappa shape index (κ2) is 8.53. The summed E-state index contributed by atoms with van der Waals surface area (Å²) in [4.78, 5) is 19.6. The van der Waals surface area contributed by atoms with Gasteiger partial charge in [0.15, 0.2) is 10.2 Å². The largest absolute Gasteiger partial charge is 0.497 e. The molecule has 4 aromatic rings. The number of H-pyrrole nitrogens is 1. The Kier molecular flexibility index (Phi) is 5.48. The quantitative estimate of drug-likeness (QED) is 0.323. The summed E-state index contributed by atoms with van der Waals surface area (Å²) in [5.74, 6) is 1.22. The third-order valence-electron chi connectivity index (χ3n) is 3.87. The number of furan rings is 1. The fourth-order valence-corrected chi connectivity index (χ4v) is 3.29. The summed E-state index contributed by atoms with van der Waals surface area (Å²) >= 11 is 1.37. The van der Waals surface area contributed by atoms with Crippen LogP contribution in [-0.4, -0.2) is 29.3 Å². The van der Waals surface area contributed by atoms with Crippen molar-refractivity contribution in [2.75, 3.05) is 12.4 Å². The van der Waals surface area contributed by atoms with Gasteiger partial charge in [-0.05, 0) is 60.3 Å². The van der Waals surface area contributed by atoms with Crippen molar-refractivity contribution < 1.29 is 13.9 Å². The number of imidazole rings is 1. The van der Waals surface area contributed by atoms with E-state index in [2.05, 4.69) is 25.8 Å². The van der Waals surface area contributed by atoms with Crippen molar-refractivity contribution in [2.45, 2.75) is 10.2 Å². The van der Waals surface area contributed by atoms with Crippen LogP contribution >= 0.6 is 11.8 Å². The number of nitrogens with zero attached hydrogens (tertiary/aromatic N) is 2. The molecule has 9 heteroatoms. The van der Waals surface area contributed by atoms with E-state index in [0.717, 1.165) is 16.2 Å². The first kappa shape index (κ1) is 18.6. The zero-order valence-corrected chi connectivity index (χ0v) is 16.2. The lowest BCUT2D eigenvalue weighted by Crippen LogP contribution is -2.24. The van der Waals surface area contributed by atoms with Gasteiger partial charge in [-0.2, -0.15) is 5.10 Å². The summed E-state index contributed by atoms with van der Waals surface area (Å²) in [6.45, 7) is 0. The summed E-state index contributed by atoms with van der Waals surface area (Å²) in [5, 5.41) is 7.95. The van der Waals surface area contributed by atoms with Crippen molar-refractivity contribution in [3.63, 3.8) is 0 Å². The molecule has 0 atom stereocenters. The number of fused-ring (bicyclic) bond motifs is 1. The summed E-state index contributed by atoms with van der Waals surface area (Å²) in [5.41, 5.74) is 4.88. The zero-order valence-electron chi connectivity index (χ0n) is 15.4. The summed E-state index contributed by atoms with van der Waals surface area (Å²) in [6, 6.07) is 17.9. The molecule has 146 valence electrons. The van der Waals surface area contributed by atoms with E-state index in [-0.39, 0.29) is 0 Å². The minimum Gasteiger partial charge on any atom is -0.497 e. The standard InChI is InChI=1S/C20H17N5O3S/c1-27-14-8-6-13(7-9-14)22-19(26)25-21-12-15-10-11-18(28-15)29-20-23-16-4-2-3-5-17(16)24-20/h2-12H,1H3,(H,23,24)(H2,22,25,26)/b21-12+. The van der Waals surface area contributed by atoms with E-state index in [4.69, 9.17) is 9.15 Å². The number of hydrogen-bond donors (Lipinski definition) is 3. The number of hydrogen-bond acceptors (Lipinski definition) is 6. The molecule has 8 nitrogen and oxygen atoms in total. The van der Waals surface area contributed by atoms with Gasteiger partial charge >= 0.3 is 6.03 Å². The number of rotatable bonds is 6. The van der Waals surface area contributed by atoms with Crippen molar-refractivity contribution in [3.8, 4) is 5.75 Å². The maximum Gasteiger partial charge on any atom is 0.339 e. The van der Waals surface area contributed by atoms with E-state index in [1.165, 1.54) is 18.0 Å². The number of carbonyl (C=O) groups is 1. The lowest BCUT2D eigenvalue weighted by Gasteiger charge is -2.05. The van der Waals surface area contributed by atoms with Crippen LogP contribution in [0.15, 0.2) is 80.4 Å². The highest BCUT2D eigenvalue weighted by Crippen LogP contribution is 2.28. The zero-order chi connectivity index (χ0) is 20.1. The first-order valence-corrected chi connectivity index (χ1v) is 9.48. The molecule has 0 radical (unpaired) electrons. The van der Waals surface area contributed by atoms with E-state index in [1.807, 2.05) is 30.3 Å². The Morgan fingerprint density at radius 2 is 2.00 bits per heavy atom. The monoisotopic (exact) mass is 407 g/mol. The van der Waals surface area contributed by atoms with Crippen LogP contribution in [0.5, 0.6) is 5.75 Å². The van der Waals surface area contributed by atoms with Gasteiger partial charge in [-0.3, -0.25) is 0 Å². The smallest absolute Gasteiger partial charge is 0.339 e. The van der Waals surface area contributed by atoms with Crippen LogP contribution in [0.1, 0.15) is 5.76 Å². The minimum absolute atomic E-state index is 0.463. The van der Waals surface area contributed by atoms with Crippen molar-refractivity contribution in [3.05, 3.63) is 66.4 Å². The van der Waals surface area contributed by atoms with Crippen molar-refractivity contribution >= 4 is 40.7 Å². The molecule has 29 heavy (non-hydrogen) atoms. The molecule has 0 aliphatic heterocycles. The van der Waals surface area contributed by atoms with Gasteiger partial charge in [0.2, 0.25) is 0 Å². The Balaban J connectivity index is 1.31. The van der Waals surface area contributed by atoms with Crippen molar-refractivity contribution in [1.82, 2.24) is 15.4 Å². The lowest BCUT2D eigenvalue weighted by molar-refractivity contribution is 0.252. The normalized spacial score (nSPS) is 11.1. The van der Waals surface area contributed by atoms with Gasteiger partial charge in [0.05, 0.1) is 24.4 Å². The number of carbonyl (C=O) groups excluding carboxylic acids is 1. The van der Waals surface area contributed by atoms with E-state index in [9.17, 15) is 4.79 Å². The first-order valence-electron chi connectivity index (χ1n) is 8.66. The fourth-order valence-electron chi connectivity index (χ4n) is 2.52. The van der Waals surface area contributed by atoms with Gasteiger partial charge in [-0.1, -0.05) is 12.1 Å². The third kappa shape index (κ3) is 4.77. The SMILES string of the molecule is COc1ccc(NC(=O)N/N=C/c2ccc(Sc3nc4ccccc4[nH]3)o2)cc1. The molecular formula is C20H17N5O3S. The van der Waals surface area contributed by atoms with Crippen LogP contribution in [0.3, 0.4) is 0 Å². The highest BCUT2D eigenvalue weighted by molar-refractivity contribution is 7.99. The van der Waals surface area contributed by atoms with Gasteiger partial charge in [0.25, 0.3) is 0 Å². The van der Waals surface area contributed by atoms with Crippen LogP contribution in [-0.2, 0) is 0 Å². The van der Waals surface area contributed by atoms with Gasteiger partial charge in [0, 0.05) is 5.69 Å². The highest BCUT2D eigenvalue weighted by Gasteiger charge is 2.07. The predicted octanol–water partition coefficient (Wildman–Crippen LogP) is 4.47. The number of nitrogens with one attached hydrogen (secondary N) is 3. The number of hydrazone groups is 1. The van der Waals surface area contributed by atoms with Gasteiger partial charge < -0.3 is 19.5 Å². The maximum absolute atomic E-state index is 11.9. The molecule has 0 fully saturated rings. The molecule has 2 aromatic heterocycles. The molecule has 0 bridgehead atoms. The number of benzene rings is 2. The molecule has 2 aromatic carbocycles. The Morgan fingerprint density at radius 1 is 1.17 bits per heavy atom. The fraction of sp³-hybridized carbons (Fsp3) is 0.0500. The number of methoxy groups -OCH3 is 1. The number of anilines is 1. The van der Waals surface area contributed by atoms with Crippen molar-refractivity contribution in [2.24, 2.45) is 5.10 Å². The number of para-hydroxylation sites is 2. The molecule has 4 rings (SSSR count). The van der Waals surface area contributed by atoms with Crippen LogP contribution in [0, 0.1) is 0 Å². The van der Waals surface area contributed by atoms with Crippen LogP contribution in [0.2, 0.25) is 0 Å². The van der Waals surface area contributed by atoms with Crippen LogP contribution in [0.4, 0.5) is 10.5 Å². The molecule has 0 aliphatic carbocycles. The summed E-state index contributed by atoms with van der Waals surface area (Å²) in [6.07, 6.45) is 1.43. The molecule has 0 aliphatic rings. The average molecular weight is 407 g/mol. The molecule has 0 saturated heterocycles. The van der Waals surface area contributed by atoms with E-state index in [0.29, 0.717) is 22.3 Å². The summed E-state index contributed by atoms with van der Waals surface area (Å²) in [7, 11) is 1.58. The lowest BCUT2D eigenvalue weighted by atomic mass is 10.3. The molecule has 2 heterocycles. The van der Waals surface area contributed by atoms with Crippen LogP contribution in [0.25, 0.3) is 11.0 Å². The third-order valence-corrected chi connectivity index (χ3v) is 4.68. The summed E-state index contributed by atoms with van der Waals surface area (Å²) < 4.78 is 10.8. The van der Waals surface area contributed by atoms with Gasteiger partial charge in [-0.25, -0.2) is 15.2 Å². The molecule has 0 spiro atoms. The van der Waals surface area contributed by atoms with Crippen molar-refractivity contribution in [1.29, 1.82) is 0 Å².